The zero-order valence-corrected chi connectivity index (χ0v) is 12.4. The smallest absolute Gasteiger partial charge is 0.314 e. The van der Waals surface area contributed by atoms with E-state index in [0.717, 1.165) is 15.7 Å². The molecule has 6 nitrogen and oxygen atoms in total. The highest BCUT2D eigenvalue weighted by atomic mass is 79.9. The zero-order chi connectivity index (χ0) is 14.8. The largest absolute Gasteiger partial charge is 0.381 e. The van der Waals surface area contributed by atoms with Gasteiger partial charge in [-0.3, -0.25) is 14.6 Å². The molecule has 0 amide bonds. The first-order valence-electron chi connectivity index (χ1n) is 6.21. The predicted octanol–water partition coefficient (Wildman–Crippen LogP) is 1.99. The van der Waals surface area contributed by atoms with Crippen molar-refractivity contribution in [1.82, 2.24) is 15.0 Å². The predicted molar refractivity (Wildman–Crippen MR) is 84.5 cm³/mol. The number of aromatic amines is 2. The van der Waals surface area contributed by atoms with Crippen molar-refractivity contribution in [3.63, 3.8) is 0 Å². The molecule has 0 saturated heterocycles. The van der Waals surface area contributed by atoms with Crippen molar-refractivity contribution in [2.24, 2.45) is 0 Å². The van der Waals surface area contributed by atoms with Crippen molar-refractivity contribution in [2.45, 2.75) is 6.54 Å². The maximum atomic E-state index is 11.3. The number of nitrogens with zero attached hydrogens (tertiary/aromatic N) is 1. The van der Waals surface area contributed by atoms with Gasteiger partial charge in [0.25, 0.3) is 0 Å². The molecular formula is C14H11BrN4O2. The summed E-state index contributed by atoms with van der Waals surface area (Å²) in [6.07, 6.45) is 3.50. The van der Waals surface area contributed by atoms with Gasteiger partial charge in [0.1, 0.15) is 0 Å². The lowest BCUT2D eigenvalue weighted by Crippen LogP contribution is -2.28. The summed E-state index contributed by atoms with van der Waals surface area (Å²) in [4.78, 5) is 31.7. The second-order valence-corrected chi connectivity index (χ2v) is 5.45. The molecule has 7 heteroatoms. The highest BCUT2D eigenvalue weighted by molar-refractivity contribution is 9.10. The summed E-state index contributed by atoms with van der Waals surface area (Å²) >= 11 is 3.37. The summed E-state index contributed by atoms with van der Waals surface area (Å²) in [5.41, 5.74) is 1.73. The standard InChI is InChI=1S/C14H11BrN4O2/c15-9-3-8(5-16-7-9)6-17-10-1-2-11-12(4-10)19-14(21)13(20)18-11/h1-5,7,17H,6H2,(H,18,20)(H,19,21). The average Bonchev–Trinajstić information content (AvgIpc) is 2.46. The van der Waals surface area contributed by atoms with E-state index < -0.39 is 11.1 Å². The molecule has 0 spiro atoms. The van der Waals surface area contributed by atoms with Crippen molar-refractivity contribution in [3.05, 3.63) is 67.4 Å². The van der Waals surface area contributed by atoms with E-state index in [2.05, 4.69) is 36.2 Å². The van der Waals surface area contributed by atoms with E-state index in [0.29, 0.717) is 17.6 Å². The van der Waals surface area contributed by atoms with Crippen LogP contribution in [0.1, 0.15) is 5.56 Å². The topological polar surface area (TPSA) is 90.6 Å². The van der Waals surface area contributed by atoms with Crippen LogP contribution in [-0.2, 0) is 6.54 Å². The second-order valence-electron chi connectivity index (χ2n) is 4.53. The van der Waals surface area contributed by atoms with Crippen molar-refractivity contribution in [2.75, 3.05) is 5.32 Å². The van der Waals surface area contributed by atoms with E-state index in [9.17, 15) is 9.59 Å². The third kappa shape index (κ3) is 3.03. The van der Waals surface area contributed by atoms with Crippen LogP contribution in [0.2, 0.25) is 0 Å². The van der Waals surface area contributed by atoms with Crippen LogP contribution in [0.15, 0.2) is 50.7 Å². The van der Waals surface area contributed by atoms with Crippen LogP contribution in [0.5, 0.6) is 0 Å². The molecule has 0 fully saturated rings. The molecule has 0 saturated carbocycles. The van der Waals surface area contributed by atoms with Crippen LogP contribution in [0.25, 0.3) is 11.0 Å². The number of fused-ring (bicyclic) bond motifs is 1. The number of rotatable bonds is 3. The fraction of sp³-hybridized carbons (Fsp3) is 0.0714. The fourth-order valence-electron chi connectivity index (χ4n) is 1.98. The number of pyridine rings is 1. The molecular weight excluding hydrogens is 336 g/mol. The van der Waals surface area contributed by atoms with Gasteiger partial charge in [-0.1, -0.05) is 0 Å². The number of H-pyrrole nitrogens is 2. The minimum atomic E-state index is -0.657. The van der Waals surface area contributed by atoms with E-state index in [1.165, 1.54) is 0 Å². The second kappa shape index (κ2) is 5.53. The van der Waals surface area contributed by atoms with Crippen LogP contribution in [0.4, 0.5) is 5.69 Å². The summed E-state index contributed by atoms with van der Waals surface area (Å²) < 4.78 is 0.919. The number of benzene rings is 1. The summed E-state index contributed by atoms with van der Waals surface area (Å²) in [6, 6.07) is 7.33. The first-order valence-corrected chi connectivity index (χ1v) is 7.01. The maximum absolute atomic E-state index is 11.3. The van der Waals surface area contributed by atoms with Crippen molar-refractivity contribution >= 4 is 32.7 Å². The highest BCUT2D eigenvalue weighted by Gasteiger charge is 2.01. The maximum Gasteiger partial charge on any atom is 0.314 e. The SMILES string of the molecule is O=c1[nH]c2ccc(NCc3cncc(Br)c3)cc2[nH]c1=O. The van der Waals surface area contributed by atoms with Gasteiger partial charge in [0.15, 0.2) is 0 Å². The van der Waals surface area contributed by atoms with Crippen molar-refractivity contribution in [3.8, 4) is 0 Å². The lowest BCUT2D eigenvalue weighted by Gasteiger charge is -2.07. The number of anilines is 1. The lowest BCUT2D eigenvalue weighted by atomic mass is 10.2. The zero-order valence-electron chi connectivity index (χ0n) is 10.8. The molecule has 0 radical (unpaired) electrons. The van der Waals surface area contributed by atoms with Gasteiger partial charge in [0, 0.05) is 29.1 Å². The molecule has 3 rings (SSSR count). The minimum absolute atomic E-state index is 0.581. The van der Waals surface area contributed by atoms with Gasteiger partial charge in [-0.05, 0) is 45.8 Å². The number of hydrogen-bond acceptors (Lipinski definition) is 4. The Bertz CT molecular complexity index is 916. The Labute approximate surface area is 127 Å². The fourth-order valence-corrected chi connectivity index (χ4v) is 2.39. The van der Waals surface area contributed by atoms with Gasteiger partial charge in [-0.15, -0.1) is 0 Å². The molecule has 0 aliphatic rings. The van der Waals surface area contributed by atoms with E-state index in [-0.39, 0.29) is 0 Å². The molecule has 0 unspecified atom stereocenters. The Morgan fingerprint density at radius 3 is 2.57 bits per heavy atom. The molecule has 21 heavy (non-hydrogen) atoms. The molecule has 0 atom stereocenters. The van der Waals surface area contributed by atoms with Gasteiger partial charge in [-0.2, -0.15) is 0 Å². The van der Waals surface area contributed by atoms with Gasteiger partial charge in [0.2, 0.25) is 0 Å². The summed E-state index contributed by atoms with van der Waals surface area (Å²) in [5.74, 6) is 0. The lowest BCUT2D eigenvalue weighted by molar-refractivity contribution is 1.10. The Hall–Kier alpha value is -2.41. The number of aromatic nitrogens is 3. The molecule has 0 bridgehead atoms. The van der Waals surface area contributed by atoms with Gasteiger partial charge < -0.3 is 15.3 Å². The van der Waals surface area contributed by atoms with E-state index in [1.807, 2.05) is 12.1 Å². The minimum Gasteiger partial charge on any atom is -0.381 e. The summed E-state index contributed by atoms with van der Waals surface area (Å²) in [7, 11) is 0. The number of halogens is 1. The molecule has 0 aliphatic carbocycles. The molecule has 0 aliphatic heterocycles. The Kier molecular flexibility index (Phi) is 3.57. The van der Waals surface area contributed by atoms with Crippen LogP contribution in [-0.4, -0.2) is 15.0 Å². The van der Waals surface area contributed by atoms with E-state index >= 15 is 0 Å². The third-order valence-corrected chi connectivity index (χ3v) is 3.41. The van der Waals surface area contributed by atoms with Crippen molar-refractivity contribution in [1.29, 1.82) is 0 Å². The van der Waals surface area contributed by atoms with Crippen molar-refractivity contribution < 1.29 is 0 Å². The third-order valence-electron chi connectivity index (χ3n) is 2.98. The van der Waals surface area contributed by atoms with E-state index in [1.54, 1.807) is 24.5 Å². The molecule has 3 N–H and O–H groups in total. The summed E-state index contributed by atoms with van der Waals surface area (Å²) in [6.45, 7) is 0.603. The van der Waals surface area contributed by atoms with Crippen LogP contribution >= 0.6 is 15.9 Å². The van der Waals surface area contributed by atoms with Gasteiger partial charge in [-0.25, -0.2) is 0 Å². The Morgan fingerprint density at radius 2 is 1.81 bits per heavy atom. The van der Waals surface area contributed by atoms with Gasteiger partial charge >= 0.3 is 11.1 Å². The van der Waals surface area contributed by atoms with Crippen LogP contribution in [0.3, 0.4) is 0 Å². The van der Waals surface area contributed by atoms with Crippen LogP contribution < -0.4 is 16.4 Å². The number of nitrogens with one attached hydrogen (secondary N) is 3. The monoisotopic (exact) mass is 346 g/mol. The quantitative estimate of drug-likeness (QED) is 0.632. The summed E-state index contributed by atoms with van der Waals surface area (Å²) in [5, 5.41) is 3.24. The molecule has 2 aromatic heterocycles. The first kappa shape index (κ1) is 13.6. The Morgan fingerprint density at radius 1 is 1.05 bits per heavy atom. The van der Waals surface area contributed by atoms with Gasteiger partial charge in [0.05, 0.1) is 11.0 Å². The number of hydrogen-bond donors (Lipinski definition) is 3. The first-order chi connectivity index (χ1) is 10.1. The molecule has 2 heterocycles. The van der Waals surface area contributed by atoms with Crippen LogP contribution in [0, 0.1) is 0 Å². The average molecular weight is 347 g/mol. The van der Waals surface area contributed by atoms with E-state index in [4.69, 9.17) is 0 Å². The molecule has 1 aromatic carbocycles. The highest BCUT2D eigenvalue weighted by Crippen LogP contribution is 2.16. The molecule has 3 aromatic rings. The molecule has 106 valence electrons. The Balaban J connectivity index is 1.86. The normalized spacial score (nSPS) is 10.7.